The summed E-state index contributed by atoms with van der Waals surface area (Å²) in [6.45, 7) is 10.5. The molecule has 0 spiro atoms. The minimum absolute atomic E-state index is 0.0667. The molecule has 2 atom stereocenters. The van der Waals surface area contributed by atoms with Crippen LogP contribution in [0.4, 0.5) is 4.79 Å². The SMILES string of the molecule is CC(CCNC(C)c1cccc(Br)c1)NC(=O)OC(C)(C)C. The summed E-state index contributed by atoms with van der Waals surface area (Å²) in [5.74, 6) is 0. The fourth-order valence-electron chi connectivity index (χ4n) is 1.99. The minimum Gasteiger partial charge on any atom is -0.444 e. The van der Waals surface area contributed by atoms with Crippen LogP contribution < -0.4 is 10.6 Å². The third-order valence-corrected chi connectivity index (χ3v) is 3.63. The van der Waals surface area contributed by atoms with Gasteiger partial charge in [-0.05, 0) is 65.3 Å². The van der Waals surface area contributed by atoms with Crippen LogP contribution in [-0.2, 0) is 4.74 Å². The Labute approximate surface area is 142 Å². The summed E-state index contributed by atoms with van der Waals surface area (Å²) in [7, 11) is 0. The molecule has 0 aromatic heterocycles. The van der Waals surface area contributed by atoms with Gasteiger partial charge in [0, 0.05) is 16.6 Å². The number of hydrogen-bond acceptors (Lipinski definition) is 3. The first-order valence-electron chi connectivity index (χ1n) is 7.66. The van der Waals surface area contributed by atoms with Gasteiger partial charge in [-0.3, -0.25) is 0 Å². The zero-order valence-electron chi connectivity index (χ0n) is 14.1. The zero-order chi connectivity index (χ0) is 16.8. The number of benzene rings is 1. The van der Waals surface area contributed by atoms with Gasteiger partial charge in [-0.25, -0.2) is 4.79 Å². The number of hydrogen-bond donors (Lipinski definition) is 2. The van der Waals surface area contributed by atoms with E-state index in [4.69, 9.17) is 4.74 Å². The highest BCUT2D eigenvalue weighted by Crippen LogP contribution is 2.17. The van der Waals surface area contributed by atoms with E-state index in [1.54, 1.807) is 0 Å². The molecule has 1 amide bonds. The fourth-order valence-corrected chi connectivity index (χ4v) is 2.41. The third kappa shape index (κ3) is 7.80. The summed E-state index contributed by atoms with van der Waals surface area (Å²) in [6.07, 6.45) is 0.484. The van der Waals surface area contributed by atoms with Gasteiger partial charge >= 0.3 is 6.09 Å². The summed E-state index contributed by atoms with van der Waals surface area (Å²) in [6, 6.07) is 8.60. The number of rotatable bonds is 6. The number of nitrogens with one attached hydrogen (secondary N) is 2. The zero-order valence-corrected chi connectivity index (χ0v) is 15.7. The molecule has 0 aliphatic heterocycles. The molecule has 4 nitrogen and oxygen atoms in total. The van der Waals surface area contributed by atoms with E-state index in [1.165, 1.54) is 5.56 Å². The Kier molecular flexibility index (Phi) is 7.36. The van der Waals surface area contributed by atoms with Gasteiger partial charge in [0.2, 0.25) is 0 Å². The molecule has 124 valence electrons. The van der Waals surface area contributed by atoms with Gasteiger partial charge in [0.15, 0.2) is 0 Å². The van der Waals surface area contributed by atoms with E-state index >= 15 is 0 Å². The quantitative estimate of drug-likeness (QED) is 0.779. The Bertz CT molecular complexity index is 486. The van der Waals surface area contributed by atoms with Crippen LogP contribution in [0, 0.1) is 0 Å². The second-order valence-electron chi connectivity index (χ2n) is 6.57. The van der Waals surface area contributed by atoms with Gasteiger partial charge in [-0.1, -0.05) is 28.1 Å². The summed E-state index contributed by atoms with van der Waals surface area (Å²) in [5.41, 5.74) is 0.777. The number of alkyl carbamates (subject to hydrolysis) is 1. The predicted molar refractivity (Wildman–Crippen MR) is 94.0 cm³/mol. The van der Waals surface area contributed by atoms with Crippen molar-refractivity contribution in [3.8, 4) is 0 Å². The van der Waals surface area contributed by atoms with Gasteiger partial charge in [-0.2, -0.15) is 0 Å². The highest BCUT2D eigenvalue weighted by molar-refractivity contribution is 9.10. The van der Waals surface area contributed by atoms with Crippen molar-refractivity contribution >= 4 is 22.0 Å². The van der Waals surface area contributed by atoms with Gasteiger partial charge in [0.1, 0.15) is 5.60 Å². The summed E-state index contributed by atoms with van der Waals surface area (Å²) < 4.78 is 6.32. The minimum atomic E-state index is -0.461. The third-order valence-electron chi connectivity index (χ3n) is 3.14. The van der Waals surface area contributed by atoms with Crippen LogP contribution in [0.5, 0.6) is 0 Å². The van der Waals surface area contributed by atoms with E-state index in [0.29, 0.717) is 0 Å². The van der Waals surface area contributed by atoms with Crippen LogP contribution in [0.3, 0.4) is 0 Å². The lowest BCUT2D eigenvalue weighted by atomic mass is 10.1. The second kappa shape index (κ2) is 8.53. The van der Waals surface area contributed by atoms with Crippen molar-refractivity contribution in [2.45, 2.75) is 58.7 Å². The van der Waals surface area contributed by atoms with E-state index in [2.05, 4.69) is 45.6 Å². The summed E-state index contributed by atoms with van der Waals surface area (Å²) in [5, 5.41) is 6.32. The number of amides is 1. The molecule has 0 aliphatic carbocycles. The molecule has 0 saturated carbocycles. The largest absolute Gasteiger partial charge is 0.444 e. The van der Waals surface area contributed by atoms with Gasteiger partial charge in [-0.15, -0.1) is 0 Å². The van der Waals surface area contributed by atoms with Crippen molar-refractivity contribution in [2.75, 3.05) is 6.54 Å². The van der Waals surface area contributed by atoms with Crippen molar-refractivity contribution in [3.63, 3.8) is 0 Å². The lowest BCUT2D eigenvalue weighted by Gasteiger charge is -2.22. The average molecular weight is 371 g/mol. The molecule has 0 aliphatic rings. The predicted octanol–water partition coefficient (Wildman–Crippen LogP) is 4.40. The topological polar surface area (TPSA) is 50.4 Å². The van der Waals surface area contributed by atoms with Crippen LogP contribution in [0.25, 0.3) is 0 Å². The monoisotopic (exact) mass is 370 g/mol. The van der Waals surface area contributed by atoms with Crippen molar-refractivity contribution < 1.29 is 9.53 Å². The maximum atomic E-state index is 11.7. The fraction of sp³-hybridized carbons (Fsp3) is 0.588. The molecule has 22 heavy (non-hydrogen) atoms. The van der Waals surface area contributed by atoms with Crippen molar-refractivity contribution in [3.05, 3.63) is 34.3 Å². The average Bonchev–Trinajstić information content (AvgIpc) is 2.36. The molecule has 1 aromatic rings. The molecule has 1 aromatic carbocycles. The molecular weight excluding hydrogens is 344 g/mol. The number of carbonyl (C=O) groups excluding carboxylic acids is 1. The van der Waals surface area contributed by atoms with Gasteiger partial charge in [0.05, 0.1) is 0 Å². The Morgan fingerprint density at radius 3 is 2.59 bits per heavy atom. The first kappa shape index (κ1) is 19.0. The number of ether oxygens (including phenoxy) is 1. The molecule has 0 radical (unpaired) electrons. The van der Waals surface area contributed by atoms with Gasteiger partial charge < -0.3 is 15.4 Å². The Morgan fingerprint density at radius 2 is 2.00 bits per heavy atom. The first-order chi connectivity index (χ1) is 10.2. The maximum Gasteiger partial charge on any atom is 0.407 e. The molecular formula is C17H27BrN2O2. The normalized spacial score (nSPS) is 14.3. The summed E-state index contributed by atoms with van der Waals surface area (Å²) >= 11 is 3.48. The van der Waals surface area contributed by atoms with Gasteiger partial charge in [0.25, 0.3) is 0 Å². The molecule has 5 heteroatoms. The first-order valence-corrected chi connectivity index (χ1v) is 8.45. The van der Waals surface area contributed by atoms with Crippen molar-refractivity contribution in [1.82, 2.24) is 10.6 Å². The van der Waals surface area contributed by atoms with Crippen LogP contribution in [0.2, 0.25) is 0 Å². The highest BCUT2D eigenvalue weighted by atomic mass is 79.9. The van der Waals surface area contributed by atoms with Crippen LogP contribution >= 0.6 is 15.9 Å². The molecule has 0 saturated heterocycles. The van der Waals surface area contributed by atoms with Crippen LogP contribution in [0.15, 0.2) is 28.7 Å². The molecule has 2 N–H and O–H groups in total. The van der Waals surface area contributed by atoms with Crippen molar-refractivity contribution in [2.24, 2.45) is 0 Å². The lowest BCUT2D eigenvalue weighted by Crippen LogP contribution is -2.39. The van der Waals surface area contributed by atoms with Crippen LogP contribution in [-0.4, -0.2) is 24.3 Å². The molecule has 0 heterocycles. The Balaban J connectivity index is 2.30. The molecule has 1 rings (SSSR count). The molecule has 0 fully saturated rings. The number of halogens is 1. The lowest BCUT2D eigenvalue weighted by molar-refractivity contribution is 0.0506. The standard InChI is InChI=1S/C17H27BrN2O2/c1-12(20-16(21)22-17(3,4)5)9-10-19-13(2)14-7-6-8-15(18)11-14/h6-8,11-13,19H,9-10H2,1-5H3,(H,20,21). The van der Waals surface area contributed by atoms with Crippen molar-refractivity contribution in [1.29, 1.82) is 0 Å². The van der Waals surface area contributed by atoms with Crippen LogP contribution in [0.1, 0.15) is 52.6 Å². The Morgan fingerprint density at radius 1 is 1.32 bits per heavy atom. The molecule has 2 unspecified atom stereocenters. The maximum absolute atomic E-state index is 11.7. The van der Waals surface area contributed by atoms with E-state index in [-0.39, 0.29) is 18.2 Å². The number of carbonyl (C=O) groups is 1. The van der Waals surface area contributed by atoms with E-state index < -0.39 is 5.60 Å². The second-order valence-corrected chi connectivity index (χ2v) is 7.48. The highest BCUT2D eigenvalue weighted by Gasteiger charge is 2.17. The van der Waals surface area contributed by atoms with E-state index in [1.807, 2.05) is 39.8 Å². The van der Waals surface area contributed by atoms with E-state index in [9.17, 15) is 4.79 Å². The Hall–Kier alpha value is -1.07. The molecule has 0 bridgehead atoms. The smallest absolute Gasteiger partial charge is 0.407 e. The van der Waals surface area contributed by atoms with E-state index in [0.717, 1.165) is 17.4 Å². The summed E-state index contributed by atoms with van der Waals surface area (Å²) in [4.78, 5) is 11.7.